The summed E-state index contributed by atoms with van der Waals surface area (Å²) in [5, 5.41) is 3.12. The van der Waals surface area contributed by atoms with Crippen molar-refractivity contribution >= 4 is 28.8 Å². The lowest BCUT2D eigenvalue weighted by molar-refractivity contribution is -0.120. The van der Waals surface area contributed by atoms with Crippen LogP contribution in [0.3, 0.4) is 0 Å². The zero-order valence-corrected chi connectivity index (χ0v) is 17.9. The number of imide groups is 1. The number of methoxy groups -OCH3 is 3. The number of benzene rings is 3. The molecule has 1 heterocycles. The van der Waals surface area contributed by atoms with Gasteiger partial charge >= 0.3 is 0 Å². The molecular formula is C25H22N2O5. The second-order valence-electron chi connectivity index (χ2n) is 6.93. The standard InChI is InChI=1S/C25H22N2O5/c1-30-19-12-8-7-11-18(19)22-23(26-16-13-14-20(31-2)21(15-16)32-3)25(29)27(24(22)28)17-9-5-4-6-10-17/h4-15,26H,1-3H3. The van der Waals surface area contributed by atoms with Gasteiger partial charge in [-0.15, -0.1) is 0 Å². The maximum atomic E-state index is 13.5. The predicted molar refractivity (Wildman–Crippen MR) is 122 cm³/mol. The third-order valence-corrected chi connectivity index (χ3v) is 5.13. The molecule has 1 N–H and O–H groups in total. The molecule has 0 spiro atoms. The van der Waals surface area contributed by atoms with Crippen LogP contribution in [0, 0.1) is 0 Å². The summed E-state index contributed by atoms with van der Waals surface area (Å²) in [5.74, 6) is 0.640. The molecule has 0 bridgehead atoms. The van der Waals surface area contributed by atoms with Crippen molar-refractivity contribution in [2.75, 3.05) is 31.5 Å². The van der Waals surface area contributed by atoms with Gasteiger partial charge in [0, 0.05) is 17.3 Å². The lowest BCUT2D eigenvalue weighted by atomic mass is 10.0. The molecule has 7 heteroatoms. The number of ether oxygens (including phenoxy) is 3. The number of carbonyl (C=O) groups is 2. The number of hydrogen-bond donors (Lipinski definition) is 1. The molecule has 4 rings (SSSR count). The van der Waals surface area contributed by atoms with Gasteiger partial charge in [0.1, 0.15) is 11.4 Å². The molecule has 32 heavy (non-hydrogen) atoms. The quantitative estimate of drug-likeness (QED) is 0.569. The van der Waals surface area contributed by atoms with Crippen LogP contribution in [-0.4, -0.2) is 33.1 Å². The topological polar surface area (TPSA) is 77.1 Å². The van der Waals surface area contributed by atoms with E-state index in [1.54, 1.807) is 73.8 Å². The maximum absolute atomic E-state index is 13.5. The van der Waals surface area contributed by atoms with Crippen molar-refractivity contribution in [3.63, 3.8) is 0 Å². The van der Waals surface area contributed by atoms with Crippen molar-refractivity contribution in [3.05, 3.63) is 84.1 Å². The molecule has 0 saturated heterocycles. The van der Waals surface area contributed by atoms with Crippen LogP contribution in [0.15, 0.2) is 78.5 Å². The van der Waals surface area contributed by atoms with Gasteiger partial charge in [-0.05, 0) is 30.3 Å². The van der Waals surface area contributed by atoms with Crippen molar-refractivity contribution < 1.29 is 23.8 Å². The Balaban J connectivity index is 1.85. The van der Waals surface area contributed by atoms with Gasteiger partial charge in [0.05, 0.1) is 32.6 Å². The van der Waals surface area contributed by atoms with Crippen molar-refractivity contribution in [1.82, 2.24) is 0 Å². The first kappa shape index (κ1) is 21.0. The predicted octanol–water partition coefficient (Wildman–Crippen LogP) is 4.11. The van der Waals surface area contributed by atoms with E-state index >= 15 is 0 Å². The molecule has 1 aliphatic rings. The van der Waals surface area contributed by atoms with Crippen molar-refractivity contribution in [2.24, 2.45) is 0 Å². The van der Waals surface area contributed by atoms with E-state index in [2.05, 4.69) is 5.32 Å². The van der Waals surface area contributed by atoms with Gasteiger partial charge < -0.3 is 19.5 Å². The molecule has 7 nitrogen and oxygen atoms in total. The fraction of sp³-hybridized carbons (Fsp3) is 0.120. The molecule has 0 fully saturated rings. The number of nitrogens with zero attached hydrogens (tertiary/aromatic N) is 1. The van der Waals surface area contributed by atoms with Crippen LogP contribution in [0.1, 0.15) is 5.56 Å². The van der Waals surface area contributed by atoms with E-state index in [4.69, 9.17) is 14.2 Å². The Morgan fingerprint density at radius 2 is 1.34 bits per heavy atom. The van der Waals surface area contributed by atoms with Gasteiger partial charge in [-0.1, -0.05) is 36.4 Å². The third-order valence-electron chi connectivity index (χ3n) is 5.13. The second kappa shape index (κ2) is 8.85. The molecule has 1 aliphatic heterocycles. The van der Waals surface area contributed by atoms with E-state index in [0.29, 0.717) is 34.2 Å². The third kappa shape index (κ3) is 3.65. The summed E-state index contributed by atoms with van der Waals surface area (Å²) >= 11 is 0. The largest absolute Gasteiger partial charge is 0.496 e. The van der Waals surface area contributed by atoms with E-state index in [0.717, 1.165) is 4.90 Å². The Kier molecular flexibility index (Phi) is 5.81. The number of hydrogen-bond acceptors (Lipinski definition) is 6. The highest BCUT2D eigenvalue weighted by molar-refractivity contribution is 6.46. The van der Waals surface area contributed by atoms with E-state index < -0.39 is 11.8 Å². The minimum absolute atomic E-state index is 0.149. The minimum atomic E-state index is -0.461. The summed E-state index contributed by atoms with van der Waals surface area (Å²) in [6.07, 6.45) is 0. The fourth-order valence-electron chi connectivity index (χ4n) is 3.62. The first-order valence-electron chi connectivity index (χ1n) is 9.89. The first-order valence-corrected chi connectivity index (χ1v) is 9.89. The summed E-state index contributed by atoms with van der Waals surface area (Å²) in [6, 6.07) is 21.1. The van der Waals surface area contributed by atoms with E-state index in [-0.39, 0.29) is 11.3 Å². The number of carbonyl (C=O) groups excluding carboxylic acids is 2. The molecule has 3 aromatic rings. The first-order chi connectivity index (χ1) is 15.6. The number of anilines is 2. The van der Waals surface area contributed by atoms with Gasteiger partial charge in [-0.3, -0.25) is 9.59 Å². The Morgan fingerprint density at radius 1 is 0.688 bits per heavy atom. The normalized spacial score (nSPS) is 13.4. The highest BCUT2D eigenvalue weighted by atomic mass is 16.5. The summed E-state index contributed by atoms with van der Waals surface area (Å²) in [7, 11) is 4.60. The zero-order valence-electron chi connectivity index (χ0n) is 17.9. The monoisotopic (exact) mass is 430 g/mol. The lowest BCUT2D eigenvalue weighted by Gasteiger charge is -2.15. The highest BCUT2D eigenvalue weighted by Gasteiger charge is 2.41. The SMILES string of the molecule is COc1ccc(NC2=C(c3ccccc3OC)C(=O)N(c3ccccc3)C2=O)cc1OC. The average Bonchev–Trinajstić information content (AvgIpc) is 3.08. The molecule has 0 unspecified atom stereocenters. The van der Waals surface area contributed by atoms with Crippen LogP contribution in [0.2, 0.25) is 0 Å². The lowest BCUT2D eigenvalue weighted by Crippen LogP contribution is -2.32. The number of rotatable bonds is 7. The molecule has 3 aromatic carbocycles. The minimum Gasteiger partial charge on any atom is -0.496 e. The molecule has 0 radical (unpaired) electrons. The molecule has 0 aromatic heterocycles. The smallest absolute Gasteiger partial charge is 0.282 e. The molecular weight excluding hydrogens is 408 g/mol. The van der Waals surface area contributed by atoms with Gasteiger partial charge in [0.2, 0.25) is 0 Å². The Hall–Kier alpha value is -4.26. The average molecular weight is 430 g/mol. The second-order valence-corrected chi connectivity index (χ2v) is 6.93. The van der Waals surface area contributed by atoms with Gasteiger partial charge in [-0.2, -0.15) is 0 Å². The van der Waals surface area contributed by atoms with Crippen molar-refractivity contribution in [2.45, 2.75) is 0 Å². The van der Waals surface area contributed by atoms with Gasteiger partial charge in [-0.25, -0.2) is 4.90 Å². The Labute approximate surface area is 185 Å². The van der Waals surface area contributed by atoms with Crippen LogP contribution in [0.4, 0.5) is 11.4 Å². The Morgan fingerprint density at radius 3 is 2.03 bits per heavy atom. The van der Waals surface area contributed by atoms with Crippen LogP contribution in [0.5, 0.6) is 17.2 Å². The van der Waals surface area contributed by atoms with Crippen LogP contribution < -0.4 is 24.4 Å². The number of amides is 2. The summed E-state index contributed by atoms with van der Waals surface area (Å²) < 4.78 is 16.1. The Bertz CT molecular complexity index is 1200. The molecule has 2 amide bonds. The molecule has 0 saturated carbocycles. The fourth-order valence-corrected chi connectivity index (χ4v) is 3.62. The van der Waals surface area contributed by atoms with Crippen LogP contribution in [0.25, 0.3) is 5.57 Å². The van der Waals surface area contributed by atoms with Crippen molar-refractivity contribution in [1.29, 1.82) is 0 Å². The molecule has 162 valence electrons. The van der Waals surface area contributed by atoms with Gasteiger partial charge in [0.25, 0.3) is 11.8 Å². The zero-order chi connectivity index (χ0) is 22.7. The van der Waals surface area contributed by atoms with Crippen LogP contribution >= 0.6 is 0 Å². The van der Waals surface area contributed by atoms with Crippen LogP contribution in [-0.2, 0) is 9.59 Å². The van der Waals surface area contributed by atoms with Crippen molar-refractivity contribution in [3.8, 4) is 17.2 Å². The molecule has 0 atom stereocenters. The summed E-state index contributed by atoms with van der Waals surface area (Å²) in [6.45, 7) is 0. The number of para-hydroxylation sites is 2. The van der Waals surface area contributed by atoms with E-state index in [1.165, 1.54) is 14.2 Å². The van der Waals surface area contributed by atoms with Gasteiger partial charge in [0.15, 0.2) is 11.5 Å². The van der Waals surface area contributed by atoms with E-state index in [9.17, 15) is 9.59 Å². The molecule has 0 aliphatic carbocycles. The summed E-state index contributed by atoms with van der Waals surface area (Å²) in [5.41, 5.74) is 1.96. The van der Waals surface area contributed by atoms with E-state index in [1.807, 2.05) is 6.07 Å². The highest BCUT2D eigenvalue weighted by Crippen LogP contribution is 2.38. The maximum Gasteiger partial charge on any atom is 0.282 e. The summed E-state index contributed by atoms with van der Waals surface area (Å²) in [4.78, 5) is 28.1. The number of nitrogens with one attached hydrogen (secondary N) is 1.